The normalized spacial score (nSPS) is 11.2. The highest BCUT2D eigenvalue weighted by Gasteiger charge is 1.97. The number of primary amides is 1. The molecule has 0 spiro atoms. The topological polar surface area (TPSA) is 80.4 Å². The van der Waals surface area contributed by atoms with Crippen molar-refractivity contribution in [1.29, 1.82) is 0 Å². The summed E-state index contributed by atoms with van der Waals surface area (Å²) >= 11 is 0. The van der Waals surface area contributed by atoms with Crippen LogP contribution in [-0.4, -0.2) is 17.0 Å². The zero-order valence-electron chi connectivity index (χ0n) is 7.04. The lowest BCUT2D eigenvalue weighted by Gasteiger charge is -1.94. The Morgan fingerprint density at radius 1 is 1.50 bits per heavy atom. The third-order valence-electron chi connectivity index (χ3n) is 1.43. The molecule has 0 aromatic rings. The van der Waals surface area contributed by atoms with E-state index in [4.69, 9.17) is 10.8 Å². The van der Waals surface area contributed by atoms with Crippen LogP contribution < -0.4 is 5.73 Å². The maximum atomic E-state index is 10.5. The Kier molecular flexibility index (Phi) is 4.76. The van der Waals surface area contributed by atoms with E-state index in [1.807, 2.05) is 0 Å². The summed E-state index contributed by atoms with van der Waals surface area (Å²) in [5, 5.41) is 8.28. The van der Waals surface area contributed by atoms with E-state index in [0.29, 0.717) is 18.4 Å². The second-order valence-corrected chi connectivity index (χ2v) is 2.54. The quantitative estimate of drug-likeness (QED) is 0.471. The average molecular weight is 171 g/mol. The number of hydrogen-bond acceptors (Lipinski definition) is 2. The van der Waals surface area contributed by atoms with E-state index in [1.54, 1.807) is 13.0 Å². The first-order valence-electron chi connectivity index (χ1n) is 3.72. The van der Waals surface area contributed by atoms with Crippen molar-refractivity contribution < 1.29 is 14.7 Å². The smallest absolute Gasteiger partial charge is 0.303 e. The summed E-state index contributed by atoms with van der Waals surface area (Å²) in [4.78, 5) is 20.5. The summed E-state index contributed by atoms with van der Waals surface area (Å²) in [6.45, 7) is 1.61. The van der Waals surface area contributed by atoms with Gasteiger partial charge in [-0.3, -0.25) is 9.59 Å². The molecule has 0 rings (SSSR count). The SMILES string of the molecule is CC(=CCCCC(=O)O)C(N)=O. The fourth-order valence-corrected chi connectivity index (χ4v) is 0.672. The van der Waals surface area contributed by atoms with Crippen molar-refractivity contribution >= 4 is 11.9 Å². The van der Waals surface area contributed by atoms with Crippen LogP contribution in [0.4, 0.5) is 0 Å². The van der Waals surface area contributed by atoms with E-state index < -0.39 is 11.9 Å². The van der Waals surface area contributed by atoms with Gasteiger partial charge in [0.25, 0.3) is 0 Å². The first-order chi connectivity index (χ1) is 5.54. The number of aliphatic carboxylic acids is 1. The van der Waals surface area contributed by atoms with Gasteiger partial charge >= 0.3 is 5.97 Å². The summed E-state index contributed by atoms with van der Waals surface area (Å²) in [6, 6.07) is 0. The monoisotopic (exact) mass is 171 g/mol. The Balaban J connectivity index is 3.60. The highest BCUT2D eigenvalue weighted by Crippen LogP contribution is 2.00. The predicted octanol–water partition coefficient (Wildman–Crippen LogP) is 0.673. The van der Waals surface area contributed by atoms with Crippen LogP contribution in [0, 0.1) is 0 Å². The van der Waals surface area contributed by atoms with Crippen LogP contribution in [0.1, 0.15) is 26.2 Å². The molecule has 0 aliphatic rings. The standard InChI is InChI=1S/C8H13NO3/c1-6(8(9)12)4-2-3-5-7(10)11/h4H,2-3,5H2,1H3,(H2,9,12)(H,10,11). The third-order valence-corrected chi connectivity index (χ3v) is 1.43. The number of nitrogens with two attached hydrogens (primary N) is 1. The number of unbranched alkanes of at least 4 members (excludes halogenated alkanes) is 1. The summed E-state index contributed by atoms with van der Waals surface area (Å²) < 4.78 is 0. The average Bonchev–Trinajstić information content (AvgIpc) is 1.97. The molecule has 0 bridgehead atoms. The van der Waals surface area contributed by atoms with Crippen LogP contribution in [0.5, 0.6) is 0 Å². The third kappa shape index (κ3) is 5.46. The molecule has 0 radical (unpaired) electrons. The van der Waals surface area contributed by atoms with E-state index in [9.17, 15) is 9.59 Å². The van der Waals surface area contributed by atoms with E-state index in [-0.39, 0.29) is 6.42 Å². The molecule has 68 valence electrons. The molecule has 0 saturated heterocycles. The van der Waals surface area contributed by atoms with Gasteiger partial charge in [-0.05, 0) is 19.8 Å². The molecule has 0 saturated carbocycles. The van der Waals surface area contributed by atoms with Crippen molar-refractivity contribution in [3.05, 3.63) is 11.6 Å². The Morgan fingerprint density at radius 3 is 2.50 bits per heavy atom. The molecule has 12 heavy (non-hydrogen) atoms. The molecule has 3 N–H and O–H groups in total. The van der Waals surface area contributed by atoms with Crippen molar-refractivity contribution in [1.82, 2.24) is 0 Å². The van der Waals surface area contributed by atoms with E-state index in [1.165, 1.54) is 0 Å². The number of carbonyl (C=O) groups excluding carboxylic acids is 1. The zero-order valence-corrected chi connectivity index (χ0v) is 7.04. The lowest BCUT2D eigenvalue weighted by molar-refractivity contribution is -0.137. The Hall–Kier alpha value is -1.32. The molecule has 4 nitrogen and oxygen atoms in total. The molecule has 0 aliphatic heterocycles. The fourth-order valence-electron chi connectivity index (χ4n) is 0.672. The van der Waals surface area contributed by atoms with E-state index in [2.05, 4.69) is 0 Å². The van der Waals surface area contributed by atoms with Crippen LogP contribution in [-0.2, 0) is 9.59 Å². The first kappa shape index (κ1) is 10.7. The molecule has 0 aromatic carbocycles. The van der Waals surface area contributed by atoms with Crippen LogP contribution in [0.15, 0.2) is 11.6 Å². The zero-order chi connectivity index (χ0) is 9.56. The molecule has 4 heteroatoms. The van der Waals surface area contributed by atoms with Crippen LogP contribution in [0.2, 0.25) is 0 Å². The minimum atomic E-state index is -0.819. The molecular weight excluding hydrogens is 158 g/mol. The summed E-state index contributed by atoms with van der Waals surface area (Å²) in [5.41, 5.74) is 5.44. The molecule has 0 aliphatic carbocycles. The van der Waals surface area contributed by atoms with Gasteiger partial charge in [-0.15, -0.1) is 0 Å². The molecular formula is C8H13NO3. The second-order valence-electron chi connectivity index (χ2n) is 2.54. The first-order valence-corrected chi connectivity index (χ1v) is 3.72. The highest BCUT2D eigenvalue weighted by atomic mass is 16.4. The number of carboxylic acids is 1. The number of carbonyl (C=O) groups is 2. The van der Waals surface area contributed by atoms with Crippen molar-refractivity contribution in [2.75, 3.05) is 0 Å². The van der Waals surface area contributed by atoms with Gasteiger partial charge in [0, 0.05) is 12.0 Å². The minimum Gasteiger partial charge on any atom is -0.481 e. The fraction of sp³-hybridized carbons (Fsp3) is 0.500. The highest BCUT2D eigenvalue weighted by molar-refractivity contribution is 5.91. The van der Waals surface area contributed by atoms with Crippen molar-refractivity contribution in [2.45, 2.75) is 26.2 Å². The van der Waals surface area contributed by atoms with Gasteiger partial charge in [0.2, 0.25) is 5.91 Å². The number of carboxylic acid groups (broad SMARTS) is 1. The van der Waals surface area contributed by atoms with Crippen LogP contribution >= 0.6 is 0 Å². The van der Waals surface area contributed by atoms with E-state index >= 15 is 0 Å². The molecule has 1 amide bonds. The number of hydrogen-bond donors (Lipinski definition) is 2. The van der Waals surface area contributed by atoms with Gasteiger partial charge in [0.15, 0.2) is 0 Å². The van der Waals surface area contributed by atoms with Gasteiger partial charge in [-0.2, -0.15) is 0 Å². The largest absolute Gasteiger partial charge is 0.481 e. The lowest BCUT2D eigenvalue weighted by Crippen LogP contribution is -2.11. The van der Waals surface area contributed by atoms with Crippen LogP contribution in [0.3, 0.4) is 0 Å². The second kappa shape index (κ2) is 5.35. The number of rotatable bonds is 5. The van der Waals surface area contributed by atoms with Crippen molar-refractivity contribution in [3.63, 3.8) is 0 Å². The molecule has 0 fully saturated rings. The number of amides is 1. The number of allylic oxidation sites excluding steroid dienone is 1. The Morgan fingerprint density at radius 2 is 2.08 bits per heavy atom. The van der Waals surface area contributed by atoms with Gasteiger partial charge in [-0.1, -0.05) is 6.08 Å². The Labute approximate surface area is 71.1 Å². The van der Waals surface area contributed by atoms with E-state index in [0.717, 1.165) is 0 Å². The van der Waals surface area contributed by atoms with Crippen molar-refractivity contribution in [2.24, 2.45) is 5.73 Å². The minimum absolute atomic E-state index is 0.128. The summed E-state index contributed by atoms with van der Waals surface area (Å²) in [5.74, 6) is -1.27. The predicted molar refractivity (Wildman–Crippen MR) is 44.4 cm³/mol. The van der Waals surface area contributed by atoms with Gasteiger partial charge < -0.3 is 10.8 Å². The van der Waals surface area contributed by atoms with Gasteiger partial charge in [-0.25, -0.2) is 0 Å². The van der Waals surface area contributed by atoms with Gasteiger partial charge in [0.1, 0.15) is 0 Å². The maximum absolute atomic E-state index is 10.5. The maximum Gasteiger partial charge on any atom is 0.303 e. The van der Waals surface area contributed by atoms with Crippen molar-refractivity contribution in [3.8, 4) is 0 Å². The summed E-state index contributed by atoms with van der Waals surface area (Å²) in [7, 11) is 0. The lowest BCUT2D eigenvalue weighted by atomic mass is 10.2. The molecule has 0 heterocycles. The molecule has 0 atom stereocenters. The summed E-state index contributed by atoms with van der Waals surface area (Å²) in [6.07, 6.45) is 2.91. The van der Waals surface area contributed by atoms with Gasteiger partial charge in [0.05, 0.1) is 0 Å². The molecule has 0 aromatic heterocycles. The van der Waals surface area contributed by atoms with Crippen LogP contribution in [0.25, 0.3) is 0 Å². The molecule has 0 unspecified atom stereocenters. The Bertz CT molecular complexity index is 208.